The van der Waals surface area contributed by atoms with Crippen LogP contribution in [0.5, 0.6) is 0 Å². The van der Waals surface area contributed by atoms with E-state index in [1.807, 2.05) is 31.0 Å². The van der Waals surface area contributed by atoms with E-state index >= 15 is 0 Å². The van der Waals surface area contributed by atoms with Gasteiger partial charge in [-0.25, -0.2) is 0 Å². The van der Waals surface area contributed by atoms with Crippen LogP contribution >= 0.6 is 15.9 Å². The van der Waals surface area contributed by atoms with Crippen LogP contribution in [0.3, 0.4) is 0 Å². The predicted molar refractivity (Wildman–Crippen MR) is 90.5 cm³/mol. The van der Waals surface area contributed by atoms with Crippen molar-refractivity contribution < 1.29 is 4.79 Å². The number of nitrogens with zero attached hydrogens (tertiary/aromatic N) is 2. The molecule has 1 fully saturated rings. The van der Waals surface area contributed by atoms with Crippen molar-refractivity contribution in [3.8, 4) is 0 Å². The lowest BCUT2D eigenvalue weighted by Crippen LogP contribution is -2.57. The van der Waals surface area contributed by atoms with Gasteiger partial charge in [-0.3, -0.25) is 4.79 Å². The molecule has 0 bridgehead atoms. The third-order valence-corrected chi connectivity index (χ3v) is 5.21. The number of hydrogen-bond acceptors (Lipinski definition) is 3. The molecule has 5 heteroatoms. The van der Waals surface area contributed by atoms with Crippen molar-refractivity contribution in [2.24, 2.45) is 0 Å². The van der Waals surface area contributed by atoms with Gasteiger partial charge in [-0.05, 0) is 58.0 Å². The molecule has 0 unspecified atom stereocenters. The topological polar surface area (TPSA) is 49.6 Å². The lowest BCUT2D eigenvalue weighted by atomic mass is 9.75. The number of rotatable bonds is 4. The molecule has 0 heterocycles. The molecule has 21 heavy (non-hydrogen) atoms. The highest BCUT2D eigenvalue weighted by Crippen LogP contribution is 2.37. The van der Waals surface area contributed by atoms with E-state index in [2.05, 4.69) is 34.9 Å². The largest absolute Gasteiger partial charge is 0.398 e. The number of hydrogen-bond donors (Lipinski definition) is 1. The maximum atomic E-state index is 12.7. The number of carbonyl (C=O) groups is 1. The van der Waals surface area contributed by atoms with E-state index in [1.165, 1.54) is 6.42 Å². The highest BCUT2D eigenvalue weighted by Gasteiger charge is 2.40. The van der Waals surface area contributed by atoms with Crippen LogP contribution < -0.4 is 5.73 Å². The zero-order chi connectivity index (χ0) is 15.8. The first-order valence-electron chi connectivity index (χ1n) is 7.25. The van der Waals surface area contributed by atoms with Gasteiger partial charge < -0.3 is 15.5 Å². The number of amides is 1. The third-order valence-electron chi connectivity index (χ3n) is 4.75. The van der Waals surface area contributed by atoms with E-state index < -0.39 is 0 Å². The predicted octanol–water partition coefficient (Wildman–Crippen LogP) is 2.90. The molecular weight excluding hydrogens is 330 g/mol. The van der Waals surface area contributed by atoms with Crippen LogP contribution in [0.4, 0.5) is 5.69 Å². The van der Waals surface area contributed by atoms with Crippen molar-refractivity contribution in [2.45, 2.75) is 31.7 Å². The van der Waals surface area contributed by atoms with Crippen LogP contribution in [-0.2, 0) is 0 Å². The summed E-state index contributed by atoms with van der Waals surface area (Å²) in [5.41, 5.74) is 8.27. The van der Waals surface area contributed by atoms with E-state index in [0.717, 1.165) is 29.4 Å². The van der Waals surface area contributed by atoms with Gasteiger partial charge >= 0.3 is 0 Å². The summed E-state index contributed by atoms with van der Waals surface area (Å²) in [6, 6.07) is 3.69. The molecule has 2 rings (SSSR count). The van der Waals surface area contributed by atoms with E-state index in [4.69, 9.17) is 5.73 Å². The fourth-order valence-corrected chi connectivity index (χ4v) is 3.45. The average Bonchev–Trinajstić information content (AvgIpc) is 2.36. The molecule has 1 amide bonds. The van der Waals surface area contributed by atoms with Crippen LogP contribution in [0.15, 0.2) is 16.6 Å². The van der Waals surface area contributed by atoms with Crippen molar-refractivity contribution in [1.29, 1.82) is 0 Å². The zero-order valence-corrected chi connectivity index (χ0v) is 14.8. The van der Waals surface area contributed by atoms with Crippen LogP contribution in [0, 0.1) is 6.92 Å². The Bertz CT molecular complexity index is 553. The molecule has 0 radical (unpaired) electrons. The first-order valence-corrected chi connectivity index (χ1v) is 8.05. The van der Waals surface area contributed by atoms with Crippen molar-refractivity contribution in [1.82, 2.24) is 9.80 Å². The van der Waals surface area contributed by atoms with Gasteiger partial charge in [0.2, 0.25) is 0 Å². The molecule has 4 nitrogen and oxygen atoms in total. The Hall–Kier alpha value is -1.07. The molecule has 1 aromatic carbocycles. The lowest BCUT2D eigenvalue weighted by molar-refractivity contribution is 0.0252. The first kappa shape index (κ1) is 16.3. The van der Waals surface area contributed by atoms with Gasteiger partial charge in [0.05, 0.1) is 0 Å². The smallest absolute Gasteiger partial charge is 0.254 e. The molecule has 0 saturated heterocycles. The van der Waals surface area contributed by atoms with E-state index in [9.17, 15) is 4.79 Å². The average molecular weight is 354 g/mol. The number of halogens is 1. The van der Waals surface area contributed by atoms with Crippen molar-refractivity contribution in [3.05, 3.63) is 27.7 Å². The minimum Gasteiger partial charge on any atom is -0.398 e. The van der Waals surface area contributed by atoms with E-state index in [-0.39, 0.29) is 11.4 Å². The zero-order valence-electron chi connectivity index (χ0n) is 13.2. The molecule has 1 aromatic rings. The summed E-state index contributed by atoms with van der Waals surface area (Å²) in [5.74, 6) is 0.0358. The van der Waals surface area contributed by atoms with Crippen LogP contribution in [0.25, 0.3) is 0 Å². The van der Waals surface area contributed by atoms with Gasteiger partial charge in [0.1, 0.15) is 0 Å². The second-order valence-electron chi connectivity index (χ2n) is 6.30. The van der Waals surface area contributed by atoms with Gasteiger partial charge in [0.15, 0.2) is 0 Å². The Morgan fingerprint density at radius 1 is 1.33 bits per heavy atom. The Labute approximate surface area is 135 Å². The van der Waals surface area contributed by atoms with Gasteiger partial charge in [-0.15, -0.1) is 0 Å². The van der Waals surface area contributed by atoms with Crippen LogP contribution in [-0.4, -0.2) is 48.9 Å². The molecule has 2 N–H and O–H groups in total. The number of carbonyl (C=O) groups excluding carboxylic acids is 1. The minimum atomic E-state index is 0.0358. The Kier molecular flexibility index (Phi) is 4.63. The Morgan fingerprint density at radius 3 is 2.43 bits per heavy atom. The molecule has 0 aromatic heterocycles. The van der Waals surface area contributed by atoms with Crippen molar-refractivity contribution in [2.75, 3.05) is 33.4 Å². The number of likely N-dealkylation sites (N-methyl/N-ethyl adjacent to an activating group) is 2. The quantitative estimate of drug-likeness (QED) is 0.846. The molecule has 0 atom stereocenters. The summed E-state index contributed by atoms with van der Waals surface area (Å²) in [4.78, 5) is 16.8. The summed E-state index contributed by atoms with van der Waals surface area (Å²) in [6.07, 6.45) is 3.54. The second kappa shape index (κ2) is 5.97. The fraction of sp³-hybridized carbons (Fsp3) is 0.562. The molecule has 116 valence electrons. The van der Waals surface area contributed by atoms with E-state index in [1.54, 1.807) is 0 Å². The number of benzene rings is 1. The number of nitrogen functional groups attached to an aromatic ring is 1. The minimum absolute atomic E-state index is 0.0358. The monoisotopic (exact) mass is 353 g/mol. The van der Waals surface area contributed by atoms with Crippen molar-refractivity contribution in [3.63, 3.8) is 0 Å². The highest BCUT2D eigenvalue weighted by atomic mass is 79.9. The number of anilines is 1. The summed E-state index contributed by atoms with van der Waals surface area (Å²) < 4.78 is 0.841. The lowest BCUT2D eigenvalue weighted by Gasteiger charge is -2.49. The highest BCUT2D eigenvalue weighted by molar-refractivity contribution is 9.10. The molecule has 1 aliphatic rings. The SMILES string of the molecule is Cc1c(N)cc(Br)cc1C(=O)N(C)CC1(N(C)C)CCC1. The number of nitrogens with two attached hydrogens (primary N) is 1. The standard InChI is InChI=1S/C16H24BrN3O/c1-11-13(8-12(17)9-14(11)18)15(21)20(4)10-16(19(2)3)6-5-7-16/h8-9H,5-7,10,18H2,1-4H3. The van der Waals surface area contributed by atoms with Crippen LogP contribution in [0.1, 0.15) is 35.2 Å². The van der Waals surface area contributed by atoms with Gasteiger partial charge in [-0.1, -0.05) is 15.9 Å². The molecule has 0 spiro atoms. The normalized spacial score (nSPS) is 16.7. The van der Waals surface area contributed by atoms with Gasteiger partial charge in [0, 0.05) is 34.9 Å². The van der Waals surface area contributed by atoms with E-state index in [0.29, 0.717) is 11.3 Å². The first-order chi connectivity index (χ1) is 9.77. The molecule has 0 aliphatic heterocycles. The Balaban J connectivity index is 2.20. The van der Waals surface area contributed by atoms with Crippen molar-refractivity contribution >= 4 is 27.5 Å². The summed E-state index contributed by atoms with van der Waals surface area (Å²) >= 11 is 3.42. The summed E-state index contributed by atoms with van der Waals surface area (Å²) in [7, 11) is 6.07. The Morgan fingerprint density at radius 2 is 1.95 bits per heavy atom. The van der Waals surface area contributed by atoms with Gasteiger partial charge in [0.25, 0.3) is 5.91 Å². The fourth-order valence-electron chi connectivity index (χ4n) is 2.97. The molecular formula is C16H24BrN3O. The van der Waals surface area contributed by atoms with Gasteiger partial charge in [-0.2, -0.15) is 0 Å². The maximum absolute atomic E-state index is 12.7. The second-order valence-corrected chi connectivity index (χ2v) is 7.22. The maximum Gasteiger partial charge on any atom is 0.254 e. The molecule has 1 aliphatic carbocycles. The third kappa shape index (κ3) is 3.09. The molecule has 1 saturated carbocycles. The summed E-state index contributed by atoms with van der Waals surface area (Å²) in [6.45, 7) is 2.65. The summed E-state index contributed by atoms with van der Waals surface area (Å²) in [5, 5.41) is 0. The van der Waals surface area contributed by atoms with Crippen LogP contribution in [0.2, 0.25) is 0 Å².